The Morgan fingerprint density at radius 2 is 1.56 bits per heavy atom. The molecule has 0 aliphatic rings. The number of phenols is 1. The monoisotopic (exact) mass is 254 g/mol. The van der Waals surface area contributed by atoms with Crippen LogP contribution in [0.15, 0.2) is 30.3 Å². The molecule has 0 atom stereocenters. The van der Waals surface area contributed by atoms with Crippen molar-refractivity contribution >= 4 is 0 Å². The van der Waals surface area contributed by atoms with Crippen molar-refractivity contribution in [2.75, 3.05) is 7.11 Å². The number of ether oxygens (including phenoxy) is 1. The zero-order valence-corrected chi connectivity index (χ0v) is 9.38. The van der Waals surface area contributed by atoms with Gasteiger partial charge in [0.05, 0.1) is 12.7 Å². The zero-order valence-electron chi connectivity index (χ0n) is 9.38. The number of halogens is 3. The van der Waals surface area contributed by atoms with Crippen molar-refractivity contribution in [1.82, 2.24) is 0 Å². The van der Waals surface area contributed by atoms with Crippen molar-refractivity contribution in [3.8, 4) is 22.6 Å². The van der Waals surface area contributed by atoms with Crippen molar-refractivity contribution in [2.24, 2.45) is 0 Å². The fourth-order valence-corrected chi connectivity index (χ4v) is 1.66. The Kier molecular flexibility index (Phi) is 3.14. The van der Waals surface area contributed by atoms with E-state index in [0.717, 1.165) is 0 Å². The molecule has 0 bridgehead atoms. The third-order valence-corrected chi connectivity index (χ3v) is 2.42. The first-order valence-electron chi connectivity index (χ1n) is 5.04. The van der Waals surface area contributed by atoms with Gasteiger partial charge in [0, 0.05) is 18.2 Å². The molecule has 0 unspecified atom stereocenters. The van der Waals surface area contributed by atoms with Gasteiger partial charge in [0.15, 0.2) is 0 Å². The molecule has 2 aromatic carbocycles. The van der Waals surface area contributed by atoms with Gasteiger partial charge in [0.25, 0.3) is 0 Å². The smallest absolute Gasteiger partial charge is 0.136 e. The van der Waals surface area contributed by atoms with E-state index >= 15 is 0 Å². The molecule has 0 aliphatic heterocycles. The fraction of sp³-hybridized carbons (Fsp3) is 0.0769. The summed E-state index contributed by atoms with van der Waals surface area (Å²) in [7, 11) is 1.36. The van der Waals surface area contributed by atoms with E-state index in [9.17, 15) is 18.3 Å². The number of hydrogen-bond acceptors (Lipinski definition) is 2. The summed E-state index contributed by atoms with van der Waals surface area (Å²) in [6.45, 7) is 0. The SMILES string of the molecule is COc1cc(O)cc(-c2c(F)cc(F)cc2F)c1. The Morgan fingerprint density at radius 1 is 0.944 bits per heavy atom. The molecule has 94 valence electrons. The molecule has 0 fully saturated rings. The van der Waals surface area contributed by atoms with E-state index in [1.165, 1.54) is 25.3 Å². The Morgan fingerprint density at radius 3 is 2.11 bits per heavy atom. The maximum Gasteiger partial charge on any atom is 0.136 e. The maximum absolute atomic E-state index is 13.6. The number of aromatic hydroxyl groups is 1. The van der Waals surface area contributed by atoms with E-state index < -0.39 is 23.0 Å². The molecule has 5 heteroatoms. The summed E-state index contributed by atoms with van der Waals surface area (Å²) in [5.41, 5.74) is -0.340. The molecule has 1 N–H and O–H groups in total. The van der Waals surface area contributed by atoms with Gasteiger partial charge in [-0.3, -0.25) is 0 Å². The lowest BCUT2D eigenvalue weighted by atomic mass is 10.0. The Bertz CT molecular complexity index is 574. The molecule has 0 heterocycles. The highest BCUT2D eigenvalue weighted by Crippen LogP contribution is 2.32. The molecule has 2 rings (SSSR count). The van der Waals surface area contributed by atoms with Gasteiger partial charge in [0.2, 0.25) is 0 Å². The third-order valence-electron chi connectivity index (χ3n) is 2.42. The van der Waals surface area contributed by atoms with E-state index in [1.54, 1.807) is 0 Å². The normalized spacial score (nSPS) is 10.4. The minimum Gasteiger partial charge on any atom is -0.508 e. The molecule has 0 radical (unpaired) electrons. The molecule has 0 amide bonds. The minimum atomic E-state index is -1.04. The predicted octanol–water partition coefficient (Wildman–Crippen LogP) is 3.49. The topological polar surface area (TPSA) is 29.5 Å². The predicted molar refractivity (Wildman–Crippen MR) is 60.0 cm³/mol. The van der Waals surface area contributed by atoms with E-state index in [0.29, 0.717) is 12.1 Å². The summed E-state index contributed by atoms with van der Waals surface area (Å²) < 4.78 is 44.8. The van der Waals surface area contributed by atoms with Gasteiger partial charge in [-0.25, -0.2) is 13.2 Å². The summed E-state index contributed by atoms with van der Waals surface area (Å²) in [6, 6.07) is 4.97. The molecule has 2 nitrogen and oxygen atoms in total. The number of hydrogen-bond donors (Lipinski definition) is 1. The summed E-state index contributed by atoms with van der Waals surface area (Å²) in [6.07, 6.45) is 0. The van der Waals surface area contributed by atoms with E-state index in [-0.39, 0.29) is 17.1 Å². The van der Waals surface area contributed by atoms with Gasteiger partial charge in [0.1, 0.15) is 29.0 Å². The Hall–Kier alpha value is -2.17. The lowest BCUT2D eigenvalue weighted by Crippen LogP contribution is -1.93. The fourth-order valence-electron chi connectivity index (χ4n) is 1.66. The van der Waals surface area contributed by atoms with Gasteiger partial charge in [-0.15, -0.1) is 0 Å². The van der Waals surface area contributed by atoms with Crippen molar-refractivity contribution in [2.45, 2.75) is 0 Å². The van der Waals surface area contributed by atoms with Gasteiger partial charge in [-0.05, 0) is 17.7 Å². The lowest BCUT2D eigenvalue weighted by molar-refractivity contribution is 0.408. The molecule has 0 aliphatic carbocycles. The molecule has 0 spiro atoms. The van der Waals surface area contributed by atoms with Crippen LogP contribution in [0.25, 0.3) is 11.1 Å². The van der Waals surface area contributed by atoms with Crippen molar-refractivity contribution in [3.05, 3.63) is 47.8 Å². The van der Waals surface area contributed by atoms with Crippen LogP contribution in [0.1, 0.15) is 0 Å². The van der Waals surface area contributed by atoms with E-state index in [4.69, 9.17) is 4.74 Å². The molecular weight excluding hydrogens is 245 g/mol. The average molecular weight is 254 g/mol. The second kappa shape index (κ2) is 4.60. The zero-order chi connectivity index (χ0) is 13.3. The average Bonchev–Trinajstić information content (AvgIpc) is 2.26. The highest BCUT2D eigenvalue weighted by atomic mass is 19.1. The van der Waals surface area contributed by atoms with Crippen LogP contribution in [0.5, 0.6) is 11.5 Å². The summed E-state index contributed by atoms with van der Waals surface area (Å²) in [5.74, 6) is -3.04. The lowest BCUT2D eigenvalue weighted by Gasteiger charge is -2.08. The molecule has 0 aromatic heterocycles. The highest BCUT2D eigenvalue weighted by Gasteiger charge is 2.15. The number of methoxy groups -OCH3 is 1. The van der Waals surface area contributed by atoms with Crippen LogP contribution in [-0.4, -0.2) is 12.2 Å². The van der Waals surface area contributed by atoms with E-state index in [1.807, 2.05) is 0 Å². The van der Waals surface area contributed by atoms with Crippen LogP contribution < -0.4 is 4.74 Å². The van der Waals surface area contributed by atoms with Gasteiger partial charge in [-0.1, -0.05) is 0 Å². The summed E-state index contributed by atoms with van der Waals surface area (Å²) in [5, 5.41) is 9.42. The second-order valence-corrected chi connectivity index (χ2v) is 3.66. The molecule has 2 aromatic rings. The van der Waals surface area contributed by atoms with Crippen LogP contribution in [0.2, 0.25) is 0 Å². The van der Waals surface area contributed by atoms with Crippen LogP contribution in [0, 0.1) is 17.5 Å². The molecule has 18 heavy (non-hydrogen) atoms. The standard InChI is InChI=1S/C13H9F3O2/c1-18-10-3-7(2-9(17)6-10)13-11(15)4-8(14)5-12(13)16/h2-6,17H,1H3. The molecule has 0 saturated heterocycles. The first kappa shape index (κ1) is 12.3. The molecular formula is C13H9F3O2. The minimum absolute atomic E-state index is 0.0712. The number of phenolic OH excluding ortho intramolecular Hbond substituents is 1. The Balaban J connectivity index is 2.65. The maximum atomic E-state index is 13.6. The van der Waals surface area contributed by atoms with Crippen LogP contribution >= 0.6 is 0 Å². The quantitative estimate of drug-likeness (QED) is 0.888. The van der Waals surface area contributed by atoms with Crippen molar-refractivity contribution in [3.63, 3.8) is 0 Å². The highest BCUT2D eigenvalue weighted by molar-refractivity contribution is 5.68. The second-order valence-electron chi connectivity index (χ2n) is 3.66. The Labute approximate surface area is 101 Å². The first-order valence-corrected chi connectivity index (χ1v) is 5.04. The molecule has 0 saturated carbocycles. The summed E-state index contributed by atoms with van der Waals surface area (Å²) in [4.78, 5) is 0. The largest absolute Gasteiger partial charge is 0.508 e. The third kappa shape index (κ3) is 2.25. The van der Waals surface area contributed by atoms with Gasteiger partial charge in [-0.2, -0.15) is 0 Å². The van der Waals surface area contributed by atoms with Gasteiger partial charge < -0.3 is 9.84 Å². The van der Waals surface area contributed by atoms with Crippen LogP contribution in [0.3, 0.4) is 0 Å². The van der Waals surface area contributed by atoms with Crippen molar-refractivity contribution < 1.29 is 23.0 Å². The van der Waals surface area contributed by atoms with Crippen molar-refractivity contribution in [1.29, 1.82) is 0 Å². The van der Waals surface area contributed by atoms with Crippen LogP contribution in [-0.2, 0) is 0 Å². The first-order chi connectivity index (χ1) is 8.51. The number of rotatable bonds is 2. The number of benzene rings is 2. The van der Waals surface area contributed by atoms with Crippen LogP contribution in [0.4, 0.5) is 13.2 Å². The summed E-state index contributed by atoms with van der Waals surface area (Å²) >= 11 is 0. The van der Waals surface area contributed by atoms with Gasteiger partial charge >= 0.3 is 0 Å². The van der Waals surface area contributed by atoms with E-state index in [2.05, 4.69) is 0 Å².